The van der Waals surface area contributed by atoms with E-state index >= 15 is 0 Å². The summed E-state index contributed by atoms with van der Waals surface area (Å²) >= 11 is 0. The SMILES string of the molecule is COc1ccccc1.NCCC(=O)O. The van der Waals surface area contributed by atoms with Crippen LogP contribution in [0.15, 0.2) is 30.3 Å². The lowest BCUT2D eigenvalue weighted by molar-refractivity contribution is -0.136. The van der Waals surface area contributed by atoms with Gasteiger partial charge in [0.25, 0.3) is 0 Å². The van der Waals surface area contributed by atoms with Crippen molar-refractivity contribution in [3.05, 3.63) is 30.3 Å². The fraction of sp³-hybridized carbons (Fsp3) is 0.300. The molecule has 0 unspecified atom stereocenters. The van der Waals surface area contributed by atoms with Crippen LogP contribution in [0.2, 0.25) is 0 Å². The normalized spacial score (nSPS) is 8.43. The van der Waals surface area contributed by atoms with Crippen LogP contribution in [0.3, 0.4) is 0 Å². The summed E-state index contributed by atoms with van der Waals surface area (Å²) in [6.07, 6.45) is 0.0694. The van der Waals surface area contributed by atoms with E-state index in [1.54, 1.807) is 7.11 Å². The Bertz CT molecular complexity index is 249. The third kappa shape index (κ3) is 7.12. The van der Waals surface area contributed by atoms with Gasteiger partial charge in [0.1, 0.15) is 5.75 Å². The van der Waals surface area contributed by atoms with Crippen LogP contribution in [0.5, 0.6) is 5.75 Å². The maximum absolute atomic E-state index is 9.52. The van der Waals surface area contributed by atoms with Gasteiger partial charge in [-0.3, -0.25) is 4.79 Å². The van der Waals surface area contributed by atoms with Crippen molar-refractivity contribution in [2.75, 3.05) is 13.7 Å². The van der Waals surface area contributed by atoms with E-state index in [2.05, 4.69) is 0 Å². The molecule has 0 heterocycles. The number of para-hydroxylation sites is 1. The third-order valence-electron chi connectivity index (χ3n) is 1.34. The van der Waals surface area contributed by atoms with Gasteiger partial charge in [0.05, 0.1) is 13.5 Å². The van der Waals surface area contributed by atoms with Crippen LogP contribution in [0.1, 0.15) is 6.42 Å². The third-order valence-corrected chi connectivity index (χ3v) is 1.34. The Hall–Kier alpha value is -1.55. The van der Waals surface area contributed by atoms with E-state index in [4.69, 9.17) is 15.6 Å². The second-order valence-corrected chi connectivity index (χ2v) is 2.45. The number of carboxylic acid groups (broad SMARTS) is 1. The zero-order valence-corrected chi connectivity index (χ0v) is 8.14. The van der Waals surface area contributed by atoms with Crippen molar-refractivity contribution in [1.29, 1.82) is 0 Å². The molecule has 0 saturated carbocycles. The number of nitrogens with two attached hydrogens (primary N) is 1. The molecular weight excluding hydrogens is 182 g/mol. The fourth-order valence-corrected chi connectivity index (χ4v) is 0.680. The van der Waals surface area contributed by atoms with E-state index in [0.717, 1.165) is 5.75 Å². The molecular formula is C10H15NO3. The van der Waals surface area contributed by atoms with Gasteiger partial charge in [-0.1, -0.05) is 18.2 Å². The molecule has 0 aliphatic rings. The lowest BCUT2D eigenvalue weighted by Gasteiger charge is -1.93. The summed E-state index contributed by atoms with van der Waals surface area (Å²) in [6, 6.07) is 9.68. The van der Waals surface area contributed by atoms with Crippen LogP contribution in [-0.4, -0.2) is 24.7 Å². The Kier molecular flexibility index (Phi) is 7.17. The van der Waals surface area contributed by atoms with Crippen LogP contribution in [-0.2, 0) is 4.79 Å². The van der Waals surface area contributed by atoms with E-state index in [9.17, 15) is 4.79 Å². The maximum atomic E-state index is 9.52. The molecule has 1 aromatic carbocycles. The Balaban J connectivity index is 0.000000255. The topological polar surface area (TPSA) is 72.5 Å². The number of ether oxygens (including phenoxy) is 1. The molecule has 1 rings (SSSR count). The van der Waals surface area contributed by atoms with Gasteiger partial charge >= 0.3 is 5.97 Å². The second kappa shape index (κ2) is 8.07. The minimum Gasteiger partial charge on any atom is -0.497 e. The van der Waals surface area contributed by atoms with Crippen molar-refractivity contribution in [2.24, 2.45) is 5.73 Å². The van der Waals surface area contributed by atoms with Gasteiger partial charge < -0.3 is 15.6 Å². The van der Waals surface area contributed by atoms with Gasteiger partial charge in [-0.05, 0) is 12.1 Å². The average Bonchev–Trinajstić information content (AvgIpc) is 2.20. The van der Waals surface area contributed by atoms with E-state index in [1.165, 1.54) is 0 Å². The number of carbonyl (C=O) groups is 1. The molecule has 0 atom stereocenters. The van der Waals surface area contributed by atoms with Crippen molar-refractivity contribution in [2.45, 2.75) is 6.42 Å². The molecule has 0 aliphatic heterocycles. The highest BCUT2D eigenvalue weighted by Crippen LogP contribution is 2.05. The van der Waals surface area contributed by atoms with E-state index in [0.29, 0.717) is 0 Å². The van der Waals surface area contributed by atoms with E-state index < -0.39 is 5.97 Å². The highest BCUT2D eigenvalue weighted by atomic mass is 16.5. The summed E-state index contributed by atoms with van der Waals surface area (Å²) in [5.74, 6) is 0.0741. The van der Waals surface area contributed by atoms with Gasteiger partial charge in [0.2, 0.25) is 0 Å². The first kappa shape index (κ1) is 12.4. The molecule has 0 amide bonds. The van der Waals surface area contributed by atoms with E-state index in [-0.39, 0.29) is 13.0 Å². The molecule has 0 fully saturated rings. The number of benzene rings is 1. The first-order valence-corrected chi connectivity index (χ1v) is 4.21. The molecule has 0 spiro atoms. The minimum absolute atomic E-state index is 0.0694. The van der Waals surface area contributed by atoms with Crippen molar-refractivity contribution >= 4 is 5.97 Å². The predicted molar refractivity (Wildman–Crippen MR) is 54.3 cm³/mol. The summed E-state index contributed by atoms with van der Waals surface area (Å²) in [6.45, 7) is 0.231. The van der Waals surface area contributed by atoms with Gasteiger partial charge in [0.15, 0.2) is 0 Å². The van der Waals surface area contributed by atoms with E-state index in [1.807, 2.05) is 30.3 Å². The minimum atomic E-state index is -0.836. The molecule has 4 nitrogen and oxygen atoms in total. The highest BCUT2D eigenvalue weighted by molar-refractivity contribution is 5.66. The largest absolute Gasteiger partial charge is 0.497 e. The number of aliphatic carboxylic acids is 1. The second-order valence-electron chi connectivity index (χ2n) is 2.45. The molecule has 1 aromatic rings. The monoisotopic (exact) mass is 197 g/mol. The summed E-state index contributed by atoms with van der Waals surface area (Å²) in [5, 5.41) is 7.83. The summed E-state index contributed by atoms with van der Waals surface area (Å²) in [4.78, 5) is 9.52. The first-order chi connectivity index (χ1) is 6.70. The van der Waals surface area contributed by atoms with Crippen LogP contribution in [0.25, 0.3) is 0 Å². The molecule has 0 aromatic heterocycles. The fourth-order valence-electron chi connectivity index (χ4n) is 0.680. The Morgan fingerprint density at radius 3 is 2.21 bits per heavy atom. The molecule has 3 N–H and O–H groups in total. The van der Waals surface area contributed by atoms with Crippen molar-refractivity contribution in [3.63, 3.8) is 0 Å². The summed E-state index contributed by atoms with van der Waals surface area (Å²) < 4.78 is 4.91. The van der Waals surface area contributed by atoms with Crippen molar-refractivity contribution < 1.29 is 14.6 Å². The molecule has 0 radical (unpaired) electrons. The van der Waals surface area contributed by atoms with Crippen LogP contribution >= 0.6 is 0 Å². The standard InChI is InChI=1S/C7H8O.C3H7NO2/c1-8-7-5-3-2-4-6-7;4-2-1-3(5)6/h2-6H,1H3;1-2,4H2,(H,5,6). The van der Waals surface area contributed by atoms with Crippen LogP contribution < -0.4 is 10.5 Å². The van der Waals surface area contributed by atoms with Gasteiger partial charge in [-0.2, -0.15) is 0 Å². The number of hydrogen-bond acceptors (Lipinski definition) is 3. The number of hydrogen-bond donors (Lipinski definition) is 2. The van der Waals surface area contributed by atoms with Gasteiger partial charge in [0, 0.05) is 6.54 Å². The highest BCUT2D eigenvalue weighted by Gasteiger charge is 1.87. The first-order valence-electron chi connectivity index (χ1n) is 4.21. The molecule has 14 heavy (non-hydrogen) atoms. The zero-order chi connectivity index (χ0) is 10.8. The molecule has 4 heteroatoms. The van der Waals surface area contributed by atoms with Crippen molar-refractivity contribution in [3.8, 4) is 5.75 Å². The number of methoxy groups -OCH3 is 1. The zero-order valence-electron chi connectivity index (χ0n) is 8.14. The number of rotatable bonds is 3. The number of carboxylic acids is 1. The molecule has 0 aliphatic carbocycles. The lowest BCUT2D eigenvalue weighted by Crippen LogP contribution is -2.05. The van der Waals surface area contributed by atoms with Gasteiger partial charge in [-0.15, -0.1) is 0 Å². The quantitative estimate of drug-likeness (QED) is 0.761. The average molecular weight is 197 g/mol. The summed E-state index contributed by atoms with van der Waals surface area (Å²) in [7, 11) is 1.66. The predicted octanol–water partition coefficient (Wildman–Crippen LogP) is 1.11. The van der Waals surface area contributed by atoms with Crippen LogP contribution in [0.4, 0.5) is 0 Å². The summed E-state index contributed by atoms with van der Waals surface area (Å²) in [5.41, 5.74) is 4.85. The van der Waals surface area contributed by atoms with Gasteiger partial charge in [-0.25, -0.2) is 0 Å². The van der Waals surface area contributed by atoms with Crippen molar-refractivity contribution in [1.82, 2.24) is 0 Å². The Morgan fingerprint density at radius 2 is 2.00 bits per heavy atom. The molecule has 78 valence electrons. The molecule has 0 saturated heterocycles. The molecule has 0 bridgehead atoms. The Morgan fingerprint density at radius 1 is 1.43 bits per heavy atom. The maximum Gasteiger partial charge on any atom is 0.304 e. The lowest BCUT2D eigenvalue weighted by atomic mass is 10.3. The smallest absolute Gasteiger partial charge is 0.304 e. The van der Waals surface area contributed by atoms with Crippen LogP contribution in [0, 0.1) is 0 Å². The Labute approximate surface area is 83.3 Å².